The van der Waals surface area contributed by atoms with Crippen LogP contribution in [0.3, 0.4) is 0 Å². The number of hydrogen-bond acceptors (Lipinski definition) is 3. The van der Waals surface area contributed by atoms with Gasteiger partial charge in [0.25, 0.3) is 0 Å². The summed E-state index contributed by atoms with van der Waals surface area (Å²) in [6, 6.07) is 18.2. The molecular weight excluding hydrogens is 322 g/mol. The fourth-order valence-corrected chi connectivity index (χ4v) is 3.52. The molecule has 24 heavy (non-hydrogen) atoms. The Kier molecular flexibility index (Phi) is 5.54. The molecule has 4 heteroatoms. The van der Waals surface area contributed by atoms with Gasteiger partial charge in [0.1, 0.15) is 0 Å². The van der Waals surface area contributed by atoms with E-state index in [-0.39, 0.29) is 17.8 Å². The first-order valence-corrected chi connectivity index (χ1v) is 8.73. The fourth-order valence-electron chi connectivity index (χ4n) is 3.39. The van der Waals surface area contributed by atoms with E-state index in [1.165, 1.54) is 5.56 Å². The standard InChI is InChI=1S/C20H22ClNO2/c1-2-24-20(23)19-14-22(12-15-6-4-3-5-7-15)13-18(19)16-8-10-17(21)11-9-16/h3-11,18-19H,2,12-14H2,1H3/t18-,19?/m1/s1. The van der Waals surface area contributed by atoms with Crippen molar-refractivity contribution in [2.75, 3.05) is 19.7 Å². The van der Waals surface area contributed by atoms with Crippen molar-refractivity contribution in [1.82, 2.24) is 4.90 Å². The molecule has 1 aliphatic heterocycles. The van der Waals surface area contributed by atoms with E-state index in [1.54, 1.807) is 0 Å². The topological polar surface area (TPSA) is 29.5 Å². The van der Waals surface area contributed by atoms with Gasteiger partial charge in [-0.3, -0.25) is 9.69 Å². The summed E-state index contributed by atoms with van der Waals surface area (Å²) < 4.78 is 5.31. The predicted octanol–water partition coefficient (Wildman–Crippen LogP) is 4.12. The molecule has 0 N–H and O–H groups in total. The van der Waals surface area contributed by atoms with Gasteiger partial charge in [-0.1, -0.05) is 54.1 Å². The number of carbonyl (C=O) groups is 1. The van der Waals surface area contributed by atoms with Crippen molar-refractivity contribution < 1.29 is 9.53 Å². The van der Waals surface area contributed by atoms with Gasteiger partial charge in [-0.05, 0) is 30.2 Å². The molecule has 0 amide bonds. The van der Waals surface area contributed by atoms with Crippen LogP contribution >= 0.6 is 11.6 Å². The highest BCUT2D eigenvalue weighted by Gasteiger charge is 2.39. The van der Waals surface area contributed by atoms with Crippen molar-refractivity contribution in [1.29, 1.82) is 0 Å². The number of esters is 1. The zero-order valence-corrected chi connectivity index (χ0v) is 14.6. The van der Waals surface area contributed by atoms with Crippen LogP contribution in [0.2, 0.25) is 5.02 Å². The largest absolute Gasteiger partial charge is 0.466 e. The molecule has 1 saturated heterocycles. The number of benzene rings is 2. The smallest absolute Gasteiger partial charge is 0.310 e. The second-order valence-electron chi connectivity index (χ2n) is 6.20. The van der Waals surface area contributed by atoms with Gasteiger partial charge in [0, 0.05) is 30.6 Å². The minimum absolute atomic E-state index is 0.104. The van der Waals surface area contributed by atoms with E-state index < -0.39 is 0 Å². The Morgan fingerprint density at radius 2 is 1.83 bits per heavy atom. The quantitative estimate of drug-likeness (QED) is 0.765. The normalized spacial score (nSPS) is 20.9. The van der Waals surface area contributed by atoms with Gasteiger partial charge < -0.3 is 4.74 Å². The molecule has 0 saturated carbocycles. The first-order chi connectivity index (χ1) is 11.7. The molecule has 0 radical (unpaired) electrons. The molecule has 0 bridgehead atoms. The van der Waals surface area contributed by atoms with Gasteiger partial charge >= 0.3 is 5.97 Å². The summed E-state index contributed by atoms with van der Waals surface area (Å²) in [7, 11) is 0. The minimum atomic E-state index is -0.130. The number of rotatable bonds is 5. The van der Waals surface area contributed by atoms with Crippen LogP contribution in [0.1, 0.15) is 24.0 Å². The third-order valence-electron chi connectivity index (χ3n) is 4.53. The summed E-state index contributed by atoms with van der Waals surface area (Å²) in [5, 5.41) is 0.713. The van der Waals surface area contributed by atoms with E-state index in [4.69, 9.17) is 16.3 Å². The lowest BCUT2D eigenvalue weighted by molar-refractivity contribution is -0.148. The highest BCUT2D eigenvalue weighted by atomic mass is 35.5. The average Bonchev–Trinajstić information content (AvgIpc) is 3.00. The SMILES string of the molecule is CCOC(=O)C1CN(Cc2ccccc2)C[C@@H]1c1ccc(Cl)cc1. The number of carbonyl (C=O) groups excluding carboxylic acids is 1. The maximum absolute atomic E-state index is 12.4. The van der Waals surface area contributed by atoms with E-state index in [0.717, 1.165) is 25.2 Å². The Morgan fingerprint density at radius 1 is 1.12 bits per heavy atom. The molecule has 2 atom stereocenters. The molecule has 1 aliphatic rings. The highest BCUT2D eigenvalue weighted by molar-refractivity contribution is 6.30. The van der Waals surface area contributed by atoms with Crippen LogP contribution in [0.15, 0.2) is 54.6 Å². The van der Waals surface area contributed by atoms with E-state index >= 15 is 0 Å². The van der Waals surface area contributed by atoms with E-state index in [9.17, 15) is 4.79 Å². The molecular formula is C20H22ClNO2. The van der Waals surface area contributed by atoms with E-state index in [2.05, 4.69) is 17.0 Å². The maximum atomic E-state index is 12.4. The molecule has 1 unspecified atom stereocenters. The van der Waals surface area contributed by atoms with Crippen molar-refractivity contribution in [3.05, 3.63) is 70.7 Å². The van der Waals surface area contributed by atoms with Crippen LogP contribution in [0, 0.1) is 5.92 Å². The Balaban J connectivity index is 1.78. The van der Waals surface area contributed by atoms with E-state index in [1.807, 2.05) is 49.4 Å². The monoisotopic (exact) mass is 343 g/mol. The number of nitrogens with zero attached hydrogens (tertiary/aromatic N) is 1. The van der Waals surface area contributed by atoms with Crippen LogP contribution in [0.5, 0.6) is 0 Å². The number of ether oxygens (including phenoxy) is 1. The first-order valence-electron chi connectivity index (χ1n) is 8.35. The summed E-state index contributed by atoms with van der Waals surface area (Å²) in [5.41, 5.74) is 2.41. The summed E-state index contributed by atoms with van der Waals surface area (Å²) in [4.78, 5) is 14.7. The Labute approximate surface area is 148 Å². The van der Waals surface area contributed by atoms with Gasteiger partial charge in [0.15, 0.2) is 0 Å². The zero-order chi connectivity index (χ0) is 16.9. The molecule has 3 rings (SSSR count). The van der Waals surface area contributed by atoms with E-state index in [0.29, 0.717) is 11.6 Å². The van der Waals surface area contributed by atoms with Crippen LogP contribution in [0.4, 0.5) is 0 Å². The van der Waals surface area contributed by atoms with Gasteiger partial charge in [-0.25, -0.2) is 0 Å². The molecule has 1 heterocycles. The van der Waals surface area contributed by atoms with Crippen molar-refractivity contribution in [3.8, 4) is 0 Å². The summed E-state index contributed by atoms with van der Waals surface area (Å²) >= 11 is 6.00. The summed E-state index contributed by atoms with van der Waals surface area (Å²) in [5.74, 6) is -0.0899. The van der Waals surface area contributed by atoms with Crippen molar-refractivity contribution in [2.24, 2.45) is 5.92 Å². The third-order valence-corrected chi connectivity index (χ3v) is 4.78. The lowest BCUT2D eigenvalue weighted by atomic mass is 9.89. The summed E-state index contributed by atoms with van der Waals surface area (Å²) in [6.07, 6.45) is 0. The maximum Gasteiger partial charge on any atom is 0.310 e. The molecule has 0 aliphatic carbocycles. The van der Waals surface area contributed by atoms with Crippen LogP contribution in [0.25, 0.3) is 0 Å². The second kappa shape index (κ2) is 7.82. The molecule has 2 aromatic carbocycles. The highest BCUT2D eigenvalue weighted by Crippen LogP contribution is 2.34. The Bertz CT molecular complexity index is 672. The molecule has 0 spiro atoms. The van der Waals surface area contributed by atoms with Crippen LogP contribution < -0.4 is 0 Å². The van der Waals surface area contributed by atoms with Gasteiger partial charge in [-0.15, -0.1) is 0 Å². The van der Waals surface area contributed by atoms with Crippen LogP contribution in [-0.2, 0) is 16.1 Å². The van der Waals surface area contributed by atoms with Gasteiger partial charge in [-0.2, -0.15) is 0 Å². The predicted molar refractivity (Wildman–Crippen MR) is 96.0 cm³/mol. The molecule has 126 valence electrons. The van der Waals surface area contributed by atoms with Crippen LogP contribution in [-0.4, -0.2) is 30.6 Å². The lowest BCUT2D eigenvalue weighted by Crippen LogP contribution is -2.25. The third kappa shape index (κ3) is 3.97. The van der Waals surface area contributed by atoms with Gasteiger partial charge in [0.2, 0.25) is 0 Å². The number of likely N-dealkylation sites (tertiary alicyclic amines) is 1. The lowest BCUT2D eigenvalue weighted by Gasteiger charge is -2.17. The molecule has 1 fully saturated rings. The summed E-state index contributed by atoms with van der Waals surface area (Å²) in [6.45, 7) is 4.69. The molecule has 0 aromatic heterocycles. The zero-order valence-electron chi connectivity index (χ0n) is 13.8. The van der Waals surface area contributed by atoms with Crippen molar-refractivity contribution >= 4 is 17.6 Å². The minimum Gasteiger partial charge on any atom is -0.466 e. The first kappa shape index (κ1) is 17.0. The van der Waals surface area contributed by atoms with Crippen molar-refractivity contribution in [2.45, 2.75) is 19.4 Å². The van der Waals surface area contributed by atoms with Crippen molar-refractivity contribution in [3.63, 3.8) is 0 Å². The second-order valence-corrected chi connectivity index (χ2v) is 6.63. The fraction of sp³-hybridized carbons (Fsp3) is 0.350. The average molecular weight is 344 g/mol. The number of hydrogen-bond donors (Lipinski definition) is 0. The Morgan fingerprint density at radius 3 is 2.50 bits per heavy atom. The number of halogens is 1. The Hall–Kier alpha value is -1.84. The molecule has 3 nitrogen and oxygen atoms in total. The van der Waals surface area contributed by atoms with Gasteiger partial charge in [0.05, 0.1) is 12.5 Å². The molecule has 2 aromatic rings.